The van der Waals surface area contributed by atoms with Crippen LogP contribution in [-0.4, -0.2) is 24.1 Å². The Hall–Kier alpha value is -2.11. The van der Waals surface area contributed by atoms with E-state index in [-0.39, 0.29) is 23.6 Å². The highest BCUT2D eigenvalue weighted by atomic mass is 16.6. The smallest absolute Gasteiger partial charge is 0.341 e. The lowest BCUT2D eigenvalue weighted by atomic mass is 10.2. The number of ether oxygens (including phenoxy) is 2. The van der Waals surface area contributed by atoms with Gasteiger partial charge in [-0.15, -0.1) is 0 Å². The molecule has 1 aromatic rings. The molecular formula is C13H17NO5. The predicted molar refractivity (Wildman–Crippen MR) is 69.5 cm³/mol. The van der Waals surface area contributed by atoms with E-state index < -0.39 is 10.9 Å². The van der Waals surface area contributed by atoms with Gasteiger partial charge in [0, 0.05) is 6.07 Å². The lowest BCUT2D eigenvalue weighted by Crippen LogP contribution is -2.09. The third-order valence-electron chi connectivity index (χ3n) is 2.43. The highest BCUT2D eigenvalue weighted by Gasteiger charge is 2.18. The molecule has 0 aromatic heterocycles. The van der Waals surface area contributed by atoms with E-state index in [1.54, 1.807) is 6.92 Å². The lowest BCUT2D eigenvalue weighted by Gasteiger charge is -2.10. The average molecular weight is 267 g/mol. The van der Waals surface area contributed by atoms with Crippen LogP contribution in [0.1, 0.15) is 37.0 Å². The van der Waals surface area contributed by atoms with Gasteiger partial charge < -0.3 is 9.47 Å². The Bertz CT molecular complexity index is 458. The first-order chi connectivity index (χ1) is 9.10. The van der Waals surface area contributed by atoms with Crippen LogP contribution in [-0.2, 0) is 4.74 Å². The van der Waals surface area contributed by atoms with E-state index in [2.05, 4.69) is 0 Å². The molecule has 0 atom stereocenters. The van der Waals surface area contributed by atoms with Crippen molar-refractivity contribution in [1.82, 2.24) is 0 Å². The third-order valence-corrected chi connectivity index (χ3v) is 2.43. The van der Waals surface area contributed by atoms with Gasteiger partial charge in [-0.25, -0.2) is 4.79 Å². The standard InChI is InChI=1S/C13H17NO5/c1-3-5-8-19-12-9-10(14(16)17)6-7-11(12)13(15)18-4-2/h6-7,9H,3-5,8H2,1-2H3. The van der Waals surface area contributed by atoms with Crippen molar-refractivity contribution in [3.63, 3.8) is 0 Å². The summed E-state index contributed by atoms with van der Waals surface area (Å²) >= 11 is 0. The van der Waals surface area contributed by atoms with Crippen molar-refractivity contribution in [1.29, 1.82) is 0 Å². The molecule has 104 valence electrons. The summed E-state index contributed by atoms with van der Waals surface area (Å²) in [6, 6.07) is 3.87. The Morgan fingerprint density at radius 3 is 2.68 bits per heavy atom. The molecule has 0 unspecified atom stereocenters. The molecule has 6 nitrogen and oxygen atoms in total. The van der Waals surface area contributed by atoms with Crippen LogP contribution in [0.4, 0.5) is 5.69 Å². The Labute approximate surface area is 111 Å². The molecule has 0 N–H and O–H groups in total. The maximum absolute atomic E-state index is 11.7. The van der Waals surface area contributed by atoms with Gasteiger partial charge in [0.05, 0.1) is 24.2 Å². The van der Waals surface area contributed by atoms with Gasteiger partial charge in [0.1, 0.15) is 11.3 Å². The minimum Gasteiger partial charge on any atom is -0.492 e. The molecule has 0 radical (unpaired) electrons. The molecule has 0 bridgehead atoms. The first-order valence-corrected chi connectivity index (χ1v) is 6.18. The van der Waals surface area contributed by atoms with Gasteiger partial charge in [-0.3, -0.25) is 10.1 Å². The zero-order valence-corrected chi connectivity index (χ0v) is 11.0. The van der Waals surface area contributed by atoms with E-state index in [0.717, 1.165) is 12.8 Å². The zero-order chi connectivity index (χ0) is 14.3. The first-order valence-electron chi connectivity index (χ1n) is 6.18. The number of rotatable bonds is 7. The van der Waals surface area contributed by atoms with Crippen LogP contribution in [0.2, 0.25) is 0 Å². The average Bonchev–Trinajstić information content (AvgIpc) is 2.39. The number of hydrogen-bond acceptors (Lipinski definition) is 5. The fraction of sp³-hybridized carbons (Fsp3) is 0.462. The Morgan fingerprint density at radius 2 is 2.11 bits per heavy atom. The van der Waals surface area contributed by atoms with E-state index in [1.165, 1.54) is 18.2 Å². The molecular weight excluding hydrogens is 250 g/mol. The van der Waals surface area contributed by atoms with Crippen LogP contribution in [0.3, 0.4) is 0 Å². The second-order valence-electron chi connectivity index (χ2n) is 3.86. The summed E-state index contributed by atoms with van der Waals surface area (Å²) < 4.78 is 10.3. The molecule has 0 aliphatic rings. The van der Waals surface area contributed by atoms with Crippen molar-refractivity contribution in [2.24, 2.45) is 0 Å². The molecule has 0 saturated carbocycles. The third kappa shape index (κ3) is 4.24. The summed E-state index contributed by atoms with van der Waals surface area (Å²) in [6.45, 7) is 4.35. The lowest BCUT2D eigenvalue weighted by molar-refractivity contribution is -0.384. The highest BCUT2D eigenvalue weighted by Crippen LogP contribution is 2.25. The molecule has 19 heavy (non-hydrogen) atoms. The van der Waals surface area contributed by atoms with Crippen LogP contribution < -0.4 is 4.74 Å². The van der Waals surface area contributed by atoms with Crippen molar-refractivity contribution >= 4 is 11.7 Å². The van der Waals surface area contributed by atoms with E-state index >= 15 is 0 Å². The second kappa shape index (κ2) is 7.35. The Kier molecular flexibility index (Phi) is 5.78. The number of unbranched alkanes of at least 4 members (excludes halogenated alkanes) is 1. The van der Waals surface area contributed by atoms with Crippen molar-refractivity contribution in [2.75, 3.05) is 13.2 Å². The number of carbonyl (C=O) groups is 1. The van der Waals surface area contributed by atoms with Gasteiger partial charge in [-0.1, -0.05) is 13.3 Å². The summed E-state index contributed by atoms with van der Waals surface area (Å²) in [6.07, 6.45) is 1.74. The van der Waals surface area contributed by atoms with Crippen molar-refractivity contribution in [3.8, 4) is 5.75 Å². The second-order valence-corrected chi connectivity index (χ2v) is 3.86. The molecule has 0 spiro atoms. The largest absolute Gasteiger partial charge is 0.492 e. The van der Waals surface area contributed by atoms with Crippen LogP contribution in [0.25, 0.3) is 0 Å². The van der Waals surface area contributed by atoms with Gasteiger partial charge in [-0.2, -0.15) is 0 Å². The maximum atomic E-state index is 11.7. The summed E-state index contributed by atoms with van der Waals surface area (Å²) in [5, 5.41) is 10.7. The number of nitro benzene ring substituents is 1. The van der Waals surface area contributed by atoms with E-state index in [0.29, 0.717) is 6.61 Å². The SMILES string of the molecule is CCCCOc1cc([N+](=O)[O-])ccc1C(=O)OCC. The molecule has 0 aliphatic heterocycles. The summed E-state index contributed by atoms with van der Waals surface area (Å²) in [5.41, 5.74) is 0.100. The molecule has 0 fully saturated rings. The maximum Gasteiger partial charge on any atom is 0.341 e. The number of esters is 1. The fourth-order valence-electron chi connectivity index (χ4n) is 1.45. The normalized spacial score (nSPS) is 10.0. The number of hydrogen-bond donors (Lipinski definition) is 0. The summed E-state index contributed by atoms with van der Waals surface area (Å²) in [4.78, 5) is 21.9. The molecule has 1 aromatic carbocycles. The predicted octanol–water partition coefficient (Wildman–Crippen LogP) is 2.95. The van der Waals surface area contributed by atoms with Gasteiger partial charge in [0.15, 0.2) is 0 Å². The summed E-state index contributed by atoms with van der Waals surface area (Å²) in [7, 11) is 0. The molecule has 0 heterocycles. The highest BCUT2D eigenvalue weighted by molar-refractivity contribution is 5.92. The van der Waals surface area contributed by atoms with Gasteiger partial charge in [-0.05, 0) is 19.4 Å². The number of nitrogens with zero attached hydrogens (tertiary/aromatic N) is 1. The topological polar surface area (TPSA) is 78.7 Å². The van der Waals surface area contributed by atoms with Crippen LogP contribution in [0.5, 0.6) is 5.75 Å². The van der Waals surface area contributed by atoms with Gasteiger partial charge in [0.25, 0.3) is 5.69 Å². The minimum atomic E-state index is -0.538. The first kappa shape index (κ1) is 14.9. The van der Waals surface area contributed by atoms with Crippen molar-refractivity contribution in [2.45, 2.75) is 26.7 Å². The molecule has 0 aliphatic carbocycles. The Morgan fingerprint density at radius 1 is 1.37 bits per heavy atom. The van der Waals surface area contributed by atoms with Crippen LogP contribution in [0.15, 0.2) is 18.2 Å². The van der Waals surface area contributed by atoms with Crippen molar-refractivity contribution < 1.29 is 19.2 Å². The number of nitro groups is 1. The zero-order valence-electron chi connectivity index (χ0n) is 11.0. The number of non-ortho nitro benzene ring substituents is 1. The molecule has 0 amide bonds. The number of carbonyl (C=O) groups excluding carboxylic acids is 1. The monoisotopic (exact) mass is 267 g/mol. The van der Waals surface area contributed by atoms with E-state index in [4.69, 9.17) is 9.47 Å². The van der Waals surface area contributed by atoms with Crippen LogP contribution in [0, 0.1) is 10.1 Å². The minimum absolute atomic E-state index is 0.112. The number of benzene rings is 1. The van der Waals surface area contributed by atoms with Gasteiger partial charge >= 0.3 is 5.97 Å². The fourth-order valence-corrected chi connectivity index (χ4v) is 1.45. The van der Waals surface area contributed by atoms with Gasteiger partial charge in [0.2, 0.25) is 0 Å². The Balaban J connectivity index is 3.00. The van der Waals surface area contributed by atoms with E-state index in [9.17, 15) is 14.9 Å². The van der Waals surface area contributed by atoms with Crippen LogP contribution >= 0.6 is 0 Å². The van der Waals surface area contributed by atoms with Crippen molar-refractivity contribution in [3.05, 3.63) is 33.9 Å². The van der Waals surface area contributed by atoms with E-state index in [1.807, 2.05) is 6.92 Å². The quantitative estimate of drug-likeness (QED) is 0.328. The summed E-state index contributed by atoms with van der Waals surface area (Å²) in [5.74, 6) is -0.343. The molecule has 6 heteroatoms. The molecule has 0 saturated heterocycles. The molecule has 1 rings (SSSR count).